The molecule has 1 heterocycles. The van der Waals surface area contributed by atoms with Gasteiger partial charge in [-0.15, -0.1) is 0 Å². The quantitative estimate of drug-likeness (QED) is 0.803. The third-order valence-corrected chi connectivity index (χ3v) is 3.17. The Hall–Kier alpha value is -2.82. The van der Waals surface area contributed by atoms with Crippen LogP contribution in [0.25, 0.3) is 12.2 Å². The highest BCUT2D eigenvalue weighted by Crippen LogP contribution is 2.26. The van der Waals surface area contributed by atoms with Gasteiger partial charge in [0.15, 0.2) is 30.4 Å². The molecule has 5 heteroatoms. The first-order chi connectivity index (χ1) is 10.6. The molecule has 0 radical (unpaired) electrons. The lowest BCUT2D eigenvalue weighted by Crippen LogP contribution is -2.33. The molecule has 0 unspecified atom stereocenters. The molecule has 0 saturated heterocycles. The molecule has 0 saturated carbocycles. The van der Waals surface area contributed by atoms with Crippen LogP contribution in [0.4, 0.5) is 0 Å². The number of phenols is 1. The zero-order valence-electron chi connectivity index (χ0n) is 12.3. The summed E-state index contributed by atoms with van der Waals surface area (Å²) in [6.07, 6.45) is 7.65. The van der Waals surface area contributed by atoms with Gasteiger partial charge in [0.05, 0.1) is 7.11 Å². The van der Waals surface area contributed by atoms with Crippen LogP contribution in [0.2, 0.25) is 0 Å². The third kappa shape index (κ3) is 4.34. The number of aromatic nitrogens is 1. The van der Waals surface area contributed by atoms with E-state index >= 15 is 0 Å². The number of methoxy groups -OCH3 is 1. The number of carbonyl (C=O) groups is 1. The highest BCUT2D eigenvalue weighted by molar-refractivity contribution is 5.70. The van der Waals surface area contributed by atoms with Crippen molar-refractivity contribution >= 4 is 18.1 Å². The van der Waals surface area contributed by atoms with E-state index in [9.17, 15) is 9.90 Å². The smallest absolute Gasteiger partial charge is 0.309 e. The second-order valence-corrected chi connectivity index (χ2v) is 4.78. The molecule has 0 amide bonds. The molecular formula is C17H18NO4+. The molecule has 2 aromatic rings. The molecule has 0 aliphatic carbocycles. The number of benzene rings is 1. The minimum absolute atomic E-state index is 0.104. The van der Waals surface area contributed by atoms with Gasteiger partial charge in [0.25, 0.3) is 0 Å². The van der Waals surface area contributed by atoms with Gasteiger partial charge in [-0.25, -0.2) is 4.57 Å². The number of aryl methyl sites for hydroxylation is 1. The van der Waals surface area contributed by atoms with Gasteiger partial charge in [-0.1, -0.05) is 18.2 Å². The Balaban J connectivity index is 2.05. The molecule has 2 N–H and O–H groups in total. The summed E-state index contributed by atoms with van der Waals surface area (Å²) >= 11 is 0. The maximum atomic E-state index is 10.5. The Labute approximate surface area is 128 Å². The third-order valence-electron chi connectivity index (χ3n) is 3.17. The lowest BCUT2D eigenvalue weighted by molar-refractivity contribution is -0.696. The maximum absolute atomic E-state index is 10.5. The highest BCUT2D eigenvalue weighted by atomic mass is 16.5. The van der Waals surface area contributed by atoms with Crippen LogP contribution in [0.5, 0.6) is 11.5 Å². The van der Waals surface area contributed by atoms with Gasteiger partial charge in [-0.05, 0) is 23.3 Å². The van der Waals surface area contributed by atoms with Crippen LogP contribution < -0.4 is 9.30 Å². The van der Waals surface area contributed by atoms with Gasteiger partial charge >= 0.3 is 5.97 Å². The molecule has 114 valence electrons. The summed E-state index contributed by atoms with van der Waals surface area (Å²) in [7, 11) is 1.51. The van der Waals surface area contributed by atoms with Crippen LogP contribution in [0.1, 0.15) is 17.5 Å². The lowest BCUT2D eigenvalue weighted by atomic mass is 10.1. The fourth-order valence-electron chi connectivity index (χ4n) is 1.94. The predicted octanol–water partition coefficient (Wildman–Crippen LogP) is 2.33. The second kappa shape index (κ2) is 7.26. The van der Waals surface area contributed by atoms with E-state index < -0.39 is 5.97 Å². The van der Waals surface area contributed by atoms with E-state index in [2.05, 4.69) is 0 Å². The van der Waals surface area contributed by atoms with Crippen molar-refractivity contribution in [3.63, 3.8) is 0 Å². The number of carboxylic acid groups (broad SMARTS) is 1. The molecule has 5 nitrogen and oxygen atoms in total. The second-order valence-electron chi connectivity index (χ2n) is 4.78. The first-order valence-electron chi connectivity index (χ1n) is 6.84. The number of aliphatic carboxylic acids is 1. The highest BCUT2D eigenvalue weighted by Gasteiger charge is 2.04. The Kier molecular flexibility index (Phi) is 5.14. The predicted molar refractivity (Wildman–Crippen MR) is 82.5 cm³/mol. The van der Waals surface area contributed by atoms with Crippen molar-refractivity contribution in [3.05, 3.63) is 53.9 Å². The van der Waals surface area contributed by atoms with Crippen molar-refractivity contribution in [1.29, 1.82) is 0 Å². The van der Waals surface area contributed by atoms with E-state index in [0.717, 1.165) is 11.1 Å². The number of ether oxygens (including phenoxy) is 1. The summed E-state index contributed by atoms with van der Waals surface area (Å²) in [4.78, 5) is 10.5. The van der Waals surface area contributed by atoms with Crippen LogP contribution in [0, 0.1) is 0 Å². The number of rotatable bonds is 6. The average molecular weight is 300 g/mol. The molecule has 2 rings (SSSR count). The standard InChI is InChI=1S/C17H17NO4/c1-22-16-12-14(4-5-15(16)19)3-2-13-6-9-18(10-7-13)11-8-17(20)21/h2-7,9-10,12H,8,11H2,1H3,(H,20,21)/p+1. The van der Waals surface area contributed by atoms with E-state index in [-0.39, 0.29) is 12.2 Å². The fourth-order valence-corrected chi connectivity index (χ4v) is 1.94. The molecule has 0 fully saturated rings. The van der Waals surface area contributed by atoms with Crippen LogP contribution in [0.15, 0.2) is 42.7 Å². The summed E-state index contributed by atoms with van der Waals surface area (Å²) < 4.78 is 6.89. The summed E-state index contributed by atoms with van der Waals surface area (Å²) in [5, 5.41) is 18.2. The van der Waals surface area contributed by atoms with Crippen molar-refractivity contribution in [3.8, 4) is 11.5 Å². The molecule has 1 aromatic carbocycles. The van der Waals surface area contributed by atoms with E-state index in [1.54, 1.807) is 18.2 Å². The first-order valence-corrected chi connectivity index (χ1v) is 6.84. The summed E-state index contributed by atoms with van der Waals surface area (Å²) in [6.45, 7) is 0.453. The topological polar surface area (TPSA) is 70.6 Å². The lowest BCUT2D eigenvalue weighted by Gasteiger charge is -2.03. The zero-order chi connectivity index (χ0) is 15.9. The largest absolute Gasteiger partial charge is 0.504 e. The minimum Gasteiger partial charge on any atom is -0.504 e. The molecule has 0 aliphatic heterocycles. The number of nitrogens with zero attached hydrogens (tertiary/aromatic N) is 1. The molecule has 0 bridgehead atoms. The number of aromatic hydroxyl groups is 1. The van der Waals surface area contributed by atoms with E-state index in [0.29, 0.717) is 12.3 Å². The van der Waals surface area contributed by atoms with E-state index in [1.807, 2.05) is 41.2 Å². The summed E-state index contributed by atoms with van der Waals surface area (Å²) in [5.74, 6) is -0.265. The number of hydrogen-bond donors (Lipinski definition) is 2. The van der Waals surface area contributed by atoms with Gasteiger partial charge in [0.2, 0.25) is 0 Å². The molecular weight excluding hydrogens is 282 g/mol. The minimum atomic E-state index is -0.808. The number of carboxylic acids is 1. The van der Waals surface area contributed by atoms with Crippen LogP contribution in [-0.4, -0.2) is 23.3 Å². The van der Waals surface area contributed by atoms with Crippen molar-refractivity contribution in [1.82, 2.24) is 0 Å². The fraction of sp³-hybridized carbons (Fsp3) is 0.176. The zero-order valence-corrected chi connectivity index (χ0v) is 12.3. The summed E-state index contributed by atoms with van der Waals surface area (Å²) in [6, 6.07) is 8.96. The number of phenolic OH excluding ortho intramolecular Hbond substituents is 1. The molecule has 0 spiro atoms. The summed E-state index contributed by atoms with van der Waals surface area (Å²) in [5.41, 5.74) is 1.91. The van der Waals surface area contributed by atoms with Crippen LogP contribution >= 0.6 is 0 Å². The Morgan fingerprint density at radius 2 is 1.86 bits per heavy atom. The Bertz CT molecular complexity index is 678. The SMILES string of the molecule is COc1cc(/C=C\c2cc[n+](CCC(=O)O)cc2)ccc1O. The van der Waals surface area contributed by atoms with Crippen molar-refractivity contribution in [2.75, 3.05) is 7.11 Å². The van der Waals surface area contributed by atoms with Gasteiger partial charge in [-0.3, -0.25) is 4.79 Å². The van der Waals surface area contributed by atoms with Crippen molar-refractivity contribution < 1.29 is 24.3 Å². The Morgan fingerprint density at radius 1 is 1.18 bits per heavy atom. The maximum Gasteiger partial charge on any atom is 0.309 e. The Morgan fingerprint density at radius 3 is 2.50 bits per heavy atom. The van der Waals surface area contributed by atoms with Crippen LogP contribution in [0.3, 0.4) is 0 Å². The van der Waals surface area contributed by atoms with Gasteiger partial charge in [0.1, 0.15) is 6.42 Å². The van der Waals surface area contributed by atoms with E-state index in [4.69, 9.17) is 9.84 Å². The van der Waals surface area contributed by atoms with Gasteiger partial charge < -0.3 is 14.9 Å². The van der Waals surface area contributed by atoms with Gasteiger partial charge in [-0.2, -0.15) is 0 Å². The first kappa shape index (κ1) is 15.6. The van der Waals surface area contributed by atoms with Crippen LogP contribution in [-0.2, 0) is 11.3 Å². The molecule has 0 aliphatic rings. The molecule has 1 aromatic heterocycles. The number of hydrogen-bond acceptors (Lipinski definition) is 3. The van der Waals surface area contributed by atoms with E-state index in [1.165, 1.54) is 7.11 Å². The average Bonchev–Trinajstić information content (AvgIpc) is 2.53. The monoisotopic (exact) mass is 300 g/mol. The molecule has 0 atom stereocenters. The molecule has 22 heavy (non-hydrogen) atoms. The normalized spacial score (nSPS) is 10.8. The van der Waals surface area contributed by atoms with Gasteiger partial charge in [0, 0.05) is 12.1 Å². The van der Waals surface area contributed by atoms with Crippen molar-refractivity contribution in [2.24, 2.45) is 0 Å². The number of pyridine rings is 1. The van der Waals surface area contributed by atoms with Crippen molar-refractivity contribution in [2.45, 2.75) is 13.0 Å².